The zero-order chi connectivity index (χ0) is 24.6. The van der Waals surface area contributed by atoms with Crippen LogP contribution in [0.2, 0.25) is 0 Å². The van der Waals surface area contributed by atoms with Crippen LogP contribution in [0.25, 0.3) is 0 Å². The minimum atomic E-state index is -1.83. The number of nitrogens with two attached hydrogens (primary N) is 1. The van der Waals surface area contributed by atoms with E-state index < -0.39 is 35.7 Å². The number of benzene rings is 2. The monoisotopic (exact) mass is 459 g/mol. The van der Waals surface area contributed by atoms with E-state index in [0.717, 1.165) is 0 Å². The van der Waals surface area contributed by atoms with Gasteiger partial charge in [-0.15, -0.1) is 0 Å². The topological polar surface area (TPSA) is 151 Å². The van der Waals surface area contributed by atoms with E-state index >= 15 is 0 Å². The normalized spacial score (nSPS) is 13.2. The quantitative estimate of drug-likeness (QED) is 0.325. The van der Waals surface area contributed by atoms with Crippen molar-refractivity contribution in [1.82, 2.24) is 0 Å². The largest absolute Gasteiger partial charge is 0.514 e. The van der Waals surface area contributed by atoms with Crippen molar-refractivity contribution >= 4 is 24.1 Å². The highest BCUT2D eigenvalue weighted by Gasteiger charge is 2.37. The third kappa shape index (κ3) is 7.93. The molecule has 0 fully saturated rings. The van der Waals surface area contributed by atoms with Crippen molar-refractivity contribution in [3.05, 3.63) is 54.1 Å². The second-order valence-electron chi connectivity index (χ2n) is 7.40. The van der Waals surface area contributed by atoms with Crippen LogP contribution >= 0.6 is 0 Å². The fourth-order valence-corrected chi connectivity index (χ4v) is 3.06. The van der Waals surface area contributed by atoms with Crippen LogP contribution in [0, 0.1) is 0 Å². The molecule has 2 aromatic carbocycles. The highest BCUT2D eigenvalue weighted by Crippen LogP contribution is 2.31. The summed E-state index contributed by atoms with van der Waals surface area (Å²) in [5.41, 5.74) is 4.71. The SMILES string of the molecule is CC(=O)Oc1ccc(CC(N)(C[C@H](C)OC(=O)Oc2ccccc2)C(=O)O)cc1OC(C)=O. The van der Waals surface area contributed by atoms with Gasteiger partial charge in [0, 0.05) is 26.7 Å². The minimum Gasteiger partial charge on any atom is -0.480 e. The Hall–Kier alpha value is -3.92. The zero-order valence-corrected chi connectivity index (χ0v) is 18.4. The molecule has 0 bridgehead atoms. The standard InChI is InChI=1S/C23H25NO9/c1-14(30-22(29)33-18-7-5-4-6-8-18)12-23(24,21(27)28)13-17-9-10-19(31-15(2)25)20(11-17)32-16(3)26/h4-11,14H,12-13,24H2,1-3H3,(H,27,28)/t14-,23?/m0/s1. The molecule has 0 amide bonds. The molecule has 1 unspecified atom stereocenters. The van der Waals surface area contributed by atoms with Gasteiger partial charge in [0.2, 0.25) is 0 Å². The molecule has 0 aliphatic rings. The van der Waals surface area contributed by atoms with Crippen molar-refractivity contribution in [3.63, 3.8) is 0 Å². The second kappa shape index (κ2) is 11.1. The van der Waals surface area contributed by atoms with Crippen molar-refractivity contribution in [1.29, 1.82) is 0 Å². The van der Waals surface area contributed by atoms with Crippen molar-refractivity contribution in [3.8, 4) is 17.2 Å². The maximum atomic E-state index is 12.0. The molecule has 0 aliphatic carbocycles. The van der Waals surface area contributed by atoms with Gasteiger partial charge in [-0.2, -0.15) is 0 Å². The number of para-hydroxylation sites is 1. The molecule has 0 radical (unpaired) electrons. The number of ether oxygens (including phenoxy) is 4. The number of carboxylic acid groups (broad SMARTS) is 1. The van der Waals surface area contributed by atoms with Crippen LogP contribution in [0.3, 0.4) is 0 Å². The first-order valence-corrected chi connectivity index (χ1v) is 9.94. The Morgan fingerprint density at radius 1 is 0.939 bits per heavy atom. The summed E-state index contributed by atoms with van der Waals surface area (Å²) in [6.07, 6.45) is -2.32. The van der Waals surface area contributed by atoms with Gasteiger partial charge in [-0.3, -0.25) is 14.4 Å². The van der Waals surface area contributed by atoms with E-state index in [4.69, 9.17) is 24.7 Å². The summed E-state index contributed by atoms with van der Waals surface area (Å²) >= 11 is 0. The first-order chi connectivity index (χ1) is 15.5. The van der Waals surface area contributed by atoms with Crippen LogP contribution < -0.4 is 19.9 Å². The molecule has 10 nitrogen and oxygen atoms in total. The Balaban J connectivity index is 2.14. The molecule has 0 aromatic heterocycles. The van der Waals surface area contributed by atoms with Gasteiger partial charge in [0.05, 0.1) is 0 Å². The molecule has 2 rings (SSSR count). The van der Waals surface area contributed by atoms with Gasteiger partial charge < -0.3 is 29.8 Å². The lowest BCUT2D eigenvalue weighted by Crippen LogP contribution is -2.52. The Labute approximate surface area is 190 Å². The third-order valence-corrected chi connectivity index (χ3v) is 4.35. The molecule has 176 valence electrons. The van der Waals surface area contributed by atoms with Gasteiger partial charge in [0.1, 0.15) is 17.4 Å². The van der Waals surface area contributed by atoms with E-state index in [2.05, 4.69) is 0 Å². The van der Waals surface area contributed by atoms with E-state index in [0.29, 0.717) is 5.56 Å². The van der Waals surface area contributed by atoms with Crippen LogP contribution in [-0.4, -0.2) is 40.8 Å². The molecule has 0 saturated carbocycles. The molecule has 3 N–H and O–H groups in total. The van der Waals surface area contributed by atoms with Crippen molar-refractivity contribution < 1.29 is 43.2 Å². The second-order valence-corrected chi connectivity index (χ2v) is 7.40. The van der Waals surface area contributed by atoms with Gasteiger partial charge in [0.25, 0.3) is 0 Å². The molecule has 2 aromatic rings. The molecule has 2 atom stereocenters. The molecule has 0 saturated heterocycles. The number of carboxylic acids is 1. The first kappa shape index (κ1) is 25.3. The van der Waals surface area contributed by atoms with Gasteiger partial charge in [-0.25, -0.2) is 4.79 Å². The number of carbonyl (C=O) groups excluding carboxylic acids is 3. The Kier molecular flexibility index (Phi) is 8.52. The molecule has 10 heteroatoms. The maximum absolute atomic E-state index is 12.0. The lowest BCUT2D eigenvalue weighted by molar-refractivity contribution is -0.144. The molecular weight excluding hydrogens is 434 g/mol. The van der Waals surface area contributed by atoms with Gasteiger partial charge in [-0.1, -0.05) is 24.3 Å². The van der Waals surface area contributed by atoms with Crippen LogP contribution in [0.15, 0.2) is 48.5 Å². The summed E-state index contributed by atoms with van der Waals surface area (Å²) < 4.78 is 20.2. The zero-order valence-electron chi connectivity index (χ0n) is 18.4. The smallest absolute Gasteiger partial charge is 0.480 e. The predicted molar refractivity (Wildman–Crippen MR) is 115 cm³/mol. The first-order valence-electron chi connectivity index (χ1n) is 9.94. The lowest BCUT2D eigenvalue weighted by Gasteiger charge is -2.28. The number of hydrogen-bond donors (Lipinski definition) is 2. The van der Waals surface area contributed by atoms with Crippen LogP contribution in [0.1, 0.15) is 32.8 Å². The lowest BCUT2D eigenvalue weighted by atomic mass is 9.86. The van der Waals surface area contributed by atoms with Gasteiger partial charge >= 0.3 is 24.1 Å². The molecule has 33 heavy (non-hydrogen) atoms. The highest BCUT2D eigenvalue weighted by molar-refractivity contribution is 5.79. The fraction of sp³-hybridized carbons (Fsp3) is 0.304. The van der Waals surface area contributed by atoms with E-state index in [1.165, 1.54) is 39.0 Å². The Morgan fingerprint density at radius 3 is 2.12 bits per heavy atom. The third-order valence-electron chi connectivity index (χ3n) is 4.35. The number of rotatable bonds is 9. The average molecular weight is 459 g/mol. The van der Waals surface area contributed by atoms with Gasteiger partial charge in [0.15, 0.2) is 11.5 Å². The number of esters is 2. The summed E-state index contributed by atoms with van der Waals surface area (Å²) in [5, 5.41) is 9.75. The van der Waals surface area contributed by atoms with Crippen molar-refractivity contribution in [2.75, 3.05) is 0 Å². The Bertz CT molecular complexity index is 1020. The Morgan fingerprint density at radius 2 is 1.55 bits per heavy atom. The van der Waals surface area contributed by atoms with Crippen LogP contribution in [0.5, 0.6) is 17.2 Å². The molecule has 0 aliphatic heterocycles. The summed E-state index contributed by atoms with van der Waals surface area (Å²) in [6, 6.07) is 12.5. The summed E-state index contributed by atoms with van der Waals surface area (Å²) in [7, 11) is 0. The van der Waals surface area contributed by atoms with Crippen molar-refractivity contribution in [2.45, 2.75) is 45.3 Å². The van der Waals surface area contributed by atoms with E-state index in [1.807, 2.05) is 0 Å². The number of aliphatic carboxylic acids is 1. The number of carbonyl (C=O) groups is 4. The van der Waals surface area contributed by atoms with Crippen LogP contribution in [0.4, 0.5) is 4.79 Å². The predicted octanol–water partition coefficient (Wildman–Crippen LogP) is 2.86. The summed E-state index contributed by atoms with van der Waals surface area (Å²) in [5.74, 6) is -2.39. The molecule has 0 spiro atoms. The highest BCUT2D eigenvalue weighted by atomic mass is 16.7. The number of hydrogen-bond acceptors (Lipinski definition) is 9. The molecule has 0 heterocycles. The average Bonchev–Trinajstić information content (AvgIpc) is 2.69. The van der Waals surface area contributed by atoms with Gasteiger partial charge in [-0.05, 0) is 36.8 Å². The maximum Gasteiger partial charge on any atom is 0.514 e. The summed E-state index contributed by atoms with van der Waals surface area (Å²) in [4.78, 5) is 46.6. The summed E-state index contributed by atoms with van der Waals surface area (Å²) in [6.45, 7) is 3.85. The van der Waals surface area contributed by atoms with E-state index in [-0.39, 0.29) is 30.1 Å². The van der Waals surface area contributed by atoms with E-state index in [9.17, 15) is 24.3 Å². The van der Waals surface area contributed by atoms with Crippen LogP contribution in [-0.2, 0) is 25.5 Å². The molecular formula is C23H25NO9. The fourth-order valence-electron chi connectivity index (χ4n) is 3.06. The van der Waals surface area contributed by atoms with Crippen molar-refractivity contribution in [2.24, 2.45) is 5.73 Å². The minimum absolute atomic E-state index is 0.000227. The van der Waals surface area contributed by atoms with E-state index in [1.54, 1.807) is 30.3 Å².